The molecule has 3 aromatic rings. The van der Waals surface area contributed by atoms with Crippen molar-refractivity contribution in [2.24, 2.45) is 0 Å². The fraction of sp³-hybridized carbons (Fsp3) is 0.0714. The molecule has 108 valence electrons. The second kappa shape index (κ2) is 4.57. The third-order valence-electron chi connectivity index (χ3n) is 3.22. The van der Waals surface area contributed by atoms with E-state index >= 15 is 0 Å². The van der Waals surface area contributed by atoms with Crippen LogP contribution < -0.4 is 5.56 Å². The summed E-state index contributed by atoms with van der Waals surface area (Å²) in [5.74, 6) is 0. The Morgan fingerprint density at radius 1 is 1.14 bits per heavy atom. The average Bonchev–Trinajstić information content (AvgIpc) is 2.75. The van der Waals surface area contributed by atoms with E-state index in [1.165, 1.54) is 22.9 Å². The molecule has 0 aliphatic carbocycles. The standard InChI is InChI=1S/C14H12N2O4S/c1-9-7-14(17)16(15-9)13-4-2-3-10-8-11(21(18,19)20)5-6-12(10)13/h2-8,15H,1H3,(H,18,19,20). The Morgan fingerprint density at radius 3 is 2.52 bits per heavy atom. The van der Waals surface area contributed by atoms with E-state index in [4.69, 9.17) is 4.55 Å². The molecule has 0 fully saturated rings. The summed E-state index contributed by atoms with van der Waals surface area (Å²) in [6.07, 6.45) is 0. The zero-order valence-corrected chi connectivity index (χ0v) is 11.9. The predicted octanol–water partition coefficient (Wildman–Crippen LogP) is 1.87. The van der Waals surface area contributed by atoms with Crippen molar-refractivity contribution in [1.29, 1.82) is 0 Å². The highest BCUT2D eigenvalue weighted by Gasteiger charge is 2.12. The second-order valence-corrected chi connectivity index (χ2v) is 6.17. The van der Waals surface area contributed by atoms with Crippen LogP contribution in [0.2, 0.25) is 0 Å². The van der Waals surface area contributed by atoms with Crippen LogP contribution >= 0.6 is 0 Å². The Balaban J connectivity index is 2.31. The van der Waals surface area contributed by atoms with Gasteiger partial charge in [-0.2, -0.15) is 8.42 Å². The van der Waals surface area contributed by atoms with E-state index in [1.807, 2.05) is 0 Å². The van der Waals surface area contributed by atoms with Gasteiger partial charge in [0.15, 0.2) is 0 Å². The van der Waals surface area contributed by atoms with Gasteiger partial charge in [-0.1, -0.05) is 18.2 Å². The summed E-state index contributed by atoms with van der Waals surface area (Å²) in [4.78, 5) is 11.7. The Labute approximate surface area is 120 Å². The van der Waals surface area contributed by atoms with Crippen LogP contribution in [-0.2, 0) is 10.1 Å². The van der Waals surface area contributed by atoms with Crippen LogP contribution in [0.25, 0.3) is 16.5 Å². The third kappa shape index (κ3) is 2.37. The maximum atomic E-state index is 11.9. The minimum absolute atomic E-state index is 0.179. The highest BCUT2D eigenvalue weighted by Crippen LogP contribution is 2.24. The van der Waals surface area contributed by atoms with Crippen molar-refractivity contribution in [3.8, 4) is 5.69 Å². The molecule has 2 N–H and O–H groups in total. The Kier molecular flexibility index (Phi) is 2.96. The van der Waals surface area contributed by atoms with Crippen LogP contribution in [0.4, 0.5) is 0 Å². The van der Waals surface area contributed by atoms with E-state index in [2.05, 4.69) is 5.10 Å². The molecule has 0 saturated carbocycles. The van der Waals surface area contributed by atoms with Crippen molar-refractivity contribution >= 4 is 20.9 Å². The zero-order chi connectivity index (χ0) is 15.2. The fourth-order valence-electron chi connectivity index (χ4n) is 2.29. The number of nitrogens with one attached hydrogen (secondary N) is 1. The lowest BCUT2D eigenvalue weighted by atomic mass is 10.1. The Hall–Kier alpha value is -2.38. The highest BCUT2D eigenvalue weighted by atomic mass is 32.2. The molecule has 21 heavy (non-hydrogen) atoms. The molecule has 3 rings (SSSR count). The first-order valence-corrected chi connectivity index (χ1v) is 7.59. The molecule has 7 heteroatoms. The van der Waals surface area contributed by atoms with Crippen LogP contribution in [0.15, 0.2) is 52.2 Å². The number of fused-ring (bicyclic) bond motifs is 1. The van der Waals surface area contributed by atoms with Gasteiger partial charge in [0.25, 0.3) is 15.7 Å². The van der Waals surface area contributed by atoms with E-state index in [0.29, 0.717) is 16.5 Å². The number of H-pyrrole nitrogens is 1. The van der Waals surface area contributed by atoms with Gasteiger partial charge < -0.3 is 0 Å². The van der Waals surface area contributed by atoms with E-state index in [-0.39, 0.29) is 10.5 Å². The molecule has 0 unspecified atom stereocenters. The largest absolute Gasteiger partial charge is 0.295 e. The molecule has 0 saturated heterocycles. The summed E-state index contributed by atoms with van der Waals surface area (Å²) >= 11 is 0. The molecular weight excluding hydrogens is 292 g/mol. The summed E-state index contributed by atoms with van der Waals surface area (Å²) in [7, 11) is -4.25. The molecule has 0 spiro atoms. The van der Waals surface area contributed by atoms with E-state index < -0.39 is 10.1 Å². The lowest BCUT2D eigenvalue weighted by Gasteiger charge is -2.08. The van der Waals surface area contributed by atoms with Gasteiger partial charge in [0.2, 0.25) is 0 Å². The first-order valence-electron chi connectivity index (χ1n) is 6.15. The van der Waals surface area contributed by atoms with Gasteiger partial charge in [-0.15, -0.1) is 0 Å². The molecule has 1 heterocycles. The molecule has 0 amide bonds. The third-order valence-corrected chi connectivity index (χ3v) is 4.07. The smallest absolute Gasteiger partial charge is 0.294 e. The van der Waals surface area contributed by atoms with Crippen molar-refractivity contribution in [1.82, 2.24) is 9.78 Å². The van der Waals surface area contributed by atoms with E-state index in [1.54, 1.807) is 31.2 Å². The predicted molar refractivity (Wildman–Crippen MR) is 78.4 cm³/mol. The van der Waals surface area contributed by atoms with Crippen LogP contribution in [0.5, 0.6) is 0 Å². The average molecular weight is 304 g/mol. The van der Waals surface area contributed by atoms with Gasteiger partial charge in [-0.3, -0.25) is 14.4 Å². The maximum absolute atomic E-state index is 11.9. The quantitative estimate of drug-likeness (QED) is 0.707. The summed E-state index contributed by atoms with van der Waals surface area (Å²) < 4.78 is 32.9. The summed E-state index contributed by atoms with van der Waals surface area (Å²) in [6.45, 7) is 1.78. The molecule has 6 nitrogen and oxygen atoms in total. The van der Waals surface area contributed by atoms with Crippen LogP contribution in [-0.4, -0.2) is 22.8 Å². The van der Waals surface area contributed by atoms with Gasteiger partial charge in [0.05, 0.1) is 10.6 Å². The fourth-order valence-corrected chi connectivity index (χ4v) is 2.81. The van der Waals surface area contributed by atoms with Gasteiger partial charge >= 0.3 is 0 Å². The number of nitrogens with zero attached hydrogens (tertiary/aromatic N) is 1. The molecule has 0 aliphatic heterocycles. The van der Waals surface area contributed by atoms with E-state index in [0.717, 1.165) is 5.69 Å². The first-order chi connectivity index (χ1) is 9.86. The van der Waals surface area contributed by atoms with Crippen LogP contribution in [0.3, 0.4) is 0 Å². The van der Waals surface area contributed by atoms with Crippen molar-refractivity contribution in [2.75, 3.05) is 0 Å². The van der Waals surface area contributed by atoms with Crippen LogP contribution in [0, 0.1) is 6.92 Å². The number of hydrogen-bond acceptors (Lipinski definition) is 3. The van der Waals surface area contributed by atoms with Gasteiger partial charge in [-0.05, 0) is 30.5 Å². The SMILES string of the molecule is Cc1cc(=O)n(-c2cccc3cc(S(=O)(=O)O)ccc23)[nH]1. The minimum Gasteiger partial charge on any atom is -0.295 e. The number of aromatic nitrogens is 2. The Bertz CT molecular complexity index is 999. The van der Waals surface area contributed by atoms with Gasteiger partial charge in [-0.25, -0.2) is 4.68 Å². The molecule has 2 aromatic carbocycles. The topological polar surface area (TPSA) is 92.2 Å². The first kappa shape index (κ1) is 13.6. The Morgan fingerprint density at radius 2 is 1.90 bits per heavy atom. The number of rotatable bonds is 2. The van der Waals surface area contributed by atoms with Gasteiger partial charge in [0, 0.05) is 17.1 Å². The lowest BCUT2D eigenvalue weighted by Crippen LogP contribution is -2.13. The summed E-state index contributed by atoms with van der Waals surface area (Å²) in [6, 6.07) is 10.9. The van der Waals surface area contributed by atoms with Gasteiger partial charge in [0.1, 0.15) is 0 Å². The number of aromatic amines is 1. The maximum Gasteiger partial charge on any atom is 0.294 e. The number of benzene rings is 2. The van der Waals surface area contributed by atoms with Crippen molar-refractivity contribution in [3.63, 3.8) is 0 Å². The summed E-state index contributed by atoms with van der Waals surface area (Å²) in [5.41, 5.74) is 1.15. The second-order valence-electron chi connectivity index (χ2n) is 4.75. The number of aryl methyl sites for hydroxylation is 1. The normalized spacial score (nSPS) is 11.9. The zero-order valence-electron chi connectivity index (χ0n) is 11.1. The molecule has 0 aliphatic rings. The summed E-state index contributed by atoms with van der Waals surface area (Å²) in [5, 5.41) is 4.25. The van der Waals surface area contributed by atoms with Crippen molar-refractivity contribution in [2.45, 2.75) is 11.8 Å². The van der Waals surface area contributed by atoms with E-state index in [9.17, 15) is 13.2 Å². The molecule has 0 bridgehead atoms. The molecule has 0 atom stereocenters. The highest BCUT2D eigenvalue weighted by molar-refractivity contribution is 7.85. The monoisotopic (exact) mass is 304 g/mol. The van der Waals surface area contributed by atoms with Crippen molar-refractivity contribution < 1.29 is 13.0 Å². The molecular formula is C14H12N2O4S. The lowest BCUT2D eigenvalue weighted by molar-refractivity contribution is 0.483. The number of hydrogen-bond donors (Lipinski definition) is 2. The minimum atomic E-state index is -4.25. The molecule has 1 aromatic heterocycles. The van der Waals surface area contributed by atoms with Crippen LogP contribution in [0.1, 0.15) is 5.69 Å². The van der Waals surface area contributed by atoms with Crippen molar-refractivity contribution in [3.05, 3.63) is 58.5 Å². The molecule has 0 radical (unpaired) electrons.